The Bertz CT molecular complexity index is 1730. The lowest BCUT2D eigenvalue weighted by molar-refractivity contribution is -0.138. The minimum Gasteiger partial charge on any atom is -0.363 e. The van der Waals surface area contributed by atoms with E-state index in [-0.39, 0.29) is 17.9 Å². The zero-order chi connectivity index (χ0) is 31.6. The van der Waals surface area contributed by atoms with Crippen molar-refractivity contribution in [2.24, 2.45) is 5.73 Å². The standard InChI is InChI=1S/C31H31ClF4N6O2/c1-20-28(40-14-12-39(13-15-40)17-21-10-11-27(32)38-16-21)29(43)42(19-26(37)22-6-3-2-4-7-22)30(44)41(20)18-23-24(31(34,35)36)8-5-9-25(23)33/h2-11,16,26H,12-15,17-19,37H2,1H3/t26-/m0/s1. The number of benzene rings is 2. The highest BCUT2D eigenvalue weighted by Gasteiger charge is 2.35. The lowest BCUT2D eigenvalue weighted by atomic mass is 10.1. The number of halogens is 5. The first-order valence-corrected chi connectivity index (χ1v) is 14.4. The molecule has 2 aromatic heterocycles. The first-order valence-electron chi connectivity index (χ1n) is 14.0. The van der Waals surface area contributed by atoms with E-state index >= 15 is 0 Å². The van der Waals surface area contributed by atoms with Crippen LogP contribution in [-0.2, 0) is 25.8 Å². The van der Waals surface area contributed by atoms with E-state index in [1.807, 2.05) is 11.0 Å². The summed E-state index contributed by atoms with van der Waals surface area (Å²) in [6, 6.07) is 14.4. The molecular formula is C31H31ClF4N6O2. The van der Waals surface area contributed by atoms with Gasteiger partial charge in [-0.05, 0) is 36.2 Å². The molecular weight excluding hydrogens is 600 g/mol. The Morgan fingerprint density at radius 3 is 2.27 bits per heavy atom. The monoisotopic (exact) mass is 630 g/mol. The van der Waals surface area contributed by atoms with Crippen molar-refractivity contribution in [3.63, 3.8) is 0 Å². The molecule has 0 amide bonds. The molecule has 0 unspecified atom stereocenters. The van der Waals surface area contributed by atoms with Gasteiger partial charge in [-0.15, -0.1) is 0 Å². The van der Waals surface area contributed by atoms with Crippen molar-refractivity contribution >= 4 is 17.3 Å². The average Bonchev–Trinajstić information content (AvgIpc) is 3.00. The highest BCUT2D eigenvalue weighted by molar-refractivity contribution is 6.29. The fourth-order valence-electron chi connectivity index (χ4n) is 5.53. The molecule has 232 valence electrons. The van der Waals surface area contributed by atoms with Gasteiger partial charge in [0, 0.05) is 56.2 Å². The largest absolute Gasteiger partial charge is 0.416 e. The van der Waals surface area contributed by atoms with Crippen molar-refractivity contribution in [3.05, 3.63) is 127 Å². The molecule has 1 fully saturated rings. The van der Waals surface area contributed by atoms with Crippen LogP contribution in [-0.4, -0.2) is 45.2 Å². The van der Waals surface area contributed by atoms with Gasteiger partial charge in [0.15, 0.2) is 0 Å². The fraction of sp³-hybridized carbons (Fsp3) is 0.323. The summed E-state index contributed by atoms with van der Waals surface area (Å²) in [7, 11) is 0. The van der Waals surface area contributed by atoms with Gasteiger partial charge >= 0.3 is 11.9 Å². The van der Waals surface area contributed by atoms with E-state index in [2.05, 4.69) is 9.88 Å². The van der Waals surface area contributed by atoms with E-state index in [4.69, 9.17) is 17.3 Å². The molecule has 0 aliphatic carbocycles. The van der Waals surface area contributed by atoms with Crippen LogP contribution in [0.4, 0.5) is 23.2 Å². The van der Waals surface area contributed by atoms with Gasteiger partial charge in [0.05, 0.1) is 18.7 Å². The van der Waals surface area contributed by atoms with Crippen LogP contribution in [0.25, 0.3) is 0 Å². The molecule has 0 spiro atoms. The van der Waals surface area contributed by atoms with E-state index in [0.29, 0.717) is 43.4 Å². The number of nitrogens with zero attached hydrogens (tertiary/aromatic N) is 5. The van der Waals surface area contributed by atoms with Crippen molar-refractivity contribution in [3.8, 4) is 0 Å². The predicted octanol–water partition coefficient (Wildman–Crippen LogP) is 4.60. The van der Waals surface area contributed by atoms with Crippen LogP contribution in [0.1, 0.15) is 34.0 Å². The van der Waals surface area contributed by atoms with Crippen molar-refractivity contribution in [1.82, 2.24) is 19.0 Å². The molecule has 1 saturated heterocycles. The Balaban J connectivity index is 1.53. The highest BCUT2D eigenvalue weighted by Crippen LogP contribution is 2.33. The first-order chi connectivity index (χ1) is 20.9. The predicted molar refractivity (Wildman–Crippen MR) is 160 cm³/mol. The smallest absolute Gasteiger partial charge is 0.363 e. The molecule has 2 aromatic carbocycles. The normalized spacial score (nSPS) is 15.0. The Labute approximate surface area is 255 Å². The molecule has 3 heterocycles. The fourth-order valence-corrected chi connectivity index (χ4v) is 5.64. The SMILES string of the molecule is Cc1c(N2CCN(Cc3ccc(Cl)nc3)CC2)c(=O)n(C[C@H](N)c2ccccc2)c(=O)n1Cc1c(F)cccc1C(F)(F)F. The second kappa shape index (κ2) is 12.9. The number of aromatic nitrogens is 3. The summed E-state index contributed by atoms with van der Waals surface area (Å²) in [5.41, 5.74) is 5.01. The van der Waals surface area contributed by atoms with Gasteiger partial charge in [0.25, 0.3) is 5.56 Å². The number of hydrogen-bond donors (Lipinski definition) is 1. The molecule has 1 aliphatic heterocycles. The maximum absolute atomic E-state index is 14.9. The minimum atomic E-state index is -4.85. The lowest BCUT2D eigenvalue weighted by Crippen LogP contribution is -2.51. The van der Waals surface area contributed by atoms with Gasteiger partial charge in [-0.2, -0.15) is 13.2 Å². The summed E-state index contributed by atoms with van der Waals surface area (Å²) in [6.45, 7) is 3.12. The quantitative estimate of drug-likeness (QED) is 0.226. The lowest BCUT2D eigenvalue weighted by Gasteiger charge is -2.37. The zero-order valence-corrected chi connectivity index (χ0v) is 24.7. The number of rotatable bonds is 8. The van der Waals surface area contributed by atoms with Crippen LogP contribution in [0.5, 0.6) is 0 Å². The van der Waals surface area contributed by atoms with Crippen LogP contribution in [0.15, 0.2) is 76.4 Å². The molecule has 44 heavy (non-hydrogen) atoms. The third-order valence-corrected chi connectivity index (χ3v) is 8.11. The average molecular weight is 631 g/mol. The van der Waals surface area contributed by atoms with Crippen molar-refractivity contribution in [2.45, 2.75) is 38.8 Å². The van der Waals surface area contributed by atoms with Crippen molar-refractivity contribution in [1.29, 1.82) is 0 Å². The Hall–Kier alpha value is -4.00. The molecule has 0 saturated carbocycles. The molecule has 5 rings (SSSR count). The Morgan fingerprint density at radius 1 is 0.932 bits per heavy atom. The minimum absolute atomic E-state index is 0.149. The van der Waals surface area contributed by atoms with Gasteiger partial charge < -0.3 is 10.6 Å². The Kier molecular flexibility index (Phi) is 9.23. The van der Waals surface area contributed by atoms with E-state index < -0.39 is 47.0 Å². The van der Waals surface area contributed by atoms with Crippen molar-refractivity contribution in [2.75, 3.05) is 31.1 Å². The second-order valence-corrected chi connectivity index (χ2v) is 11.1. The second-order valence-electron chi connectivity index (χ2n) is 10.8. The number of hydrogen-bond acceptors (Lipinski definition) is 6. The van der Waals surface area contributed by atoms with Crippen LogP contribution in [0.3, 0.4) is 0 Å². The van der Waals surface area contributed by atoms with Gasteiger partial charge in [0.1, 0.15) is 16.7 Å². The maximum atomic E-state index is 14.9. The first kappa shape index (κ1) is 31.4. The molecule has 8 nitrogen and oxygen atoms in total. The van der Waals surface area contributed by atoms with Crippen LogP contribution >= 0.6 is 11.6 Å². The molecule has 0 bridgehead atoms. The summed E-state index contributed by atoms with van der Waals surface area (Å²) < 4.78 is 58.5. The molecule has 1 aliphatic rings. The molecule has 1 atom stereocenters. The Morgan fingerprint density at radius 2 is 1.64 bits per heavy atom. The van der Waals surface area contributed by atoms with E-state index in [9.17, 15) is 27.2 Å². The van der Waals surface area contributed by atoms with Gasteiger partial charge in [-0.3, -0.25) is 18.8 Å². The molecule has 13 heteroatoms. The summed E-state index contributed by atoms with van der Waals surface area (Å²) in [5.74, 6) is -1.10. The van der Waals surface area contributed by atoms with Crippen molar-refractivity contribution < 1.29 is 17.6 Å². The van der Waals surface area contributed by atoms with Gasteiger partial charge in [-0.1, -0.05) is 54.1 Å². The summed E-state index contributed by atoms with van der Waals surface area (Å²) in [6.07, 6.45) is -3.15. The number of nitrogens with two attached hydrogens (primary N) is 1. The molecule has 0 radical (unpaired) electrons. The van der Waals surface area contributed by atoms with E-state index in [1.54, 1.807) is 42.6 Å². The van der Waals surface area contributed by atoms with Crippen LogP contribution in [0.2, 0.25) is 5.15 Å². The number of alkyl halides is 3. The maximum Gasteiger partial charge on any atom is 0.416 e. The number of pyridine rings is 1. The molecule has 4 aromatic rings. The van der Waals surface area contributed by atoms with Crippen LogP contribution < -0.4 is 21.9 Å². The number of piperazine rings is 1. The summed E-state index contributed by atoms with van der Waals surface area (Å²) >= 11 is 5.89. The number of anilines is 1. The summed E-state index contributed by atoms with van der Waals surface area (Å²) in [5, 5.41) is 0.394. The summed E-state index contributed by atoms with van der Waals surface area (Å²) in [4.78, 5) is 35.8. The third kappa shape index (κ3) is 6.72. The van der Waals surface area contributed by atoms with Crippen LogP contribution in [0, 0.1) is 12.7 Å². The van der Waals surface area contributed by atoms with E-state index in [1.165, 1.54) is 6.92 Å². The van der Waals surface area contributed by atoms with E-state index in [0.717, 1.165) is 32.9 Å². The van der Waals surface area contributed by atoms with Gasteiger partial charge in [-0.25, -0.2) is 14.2 Å². The van der Waals surface area contributed by atoms with Gasteiger partial charge in [0.2, 0.25) is 0 Å². The highest BCUT2D eigenvalue weighted by atomic mass is 35.5. The topological polar surface area (TPSA) is 89.4 Å². The third-order valence-electron chi connectivity index (χ3n) is 7.89. The molecule has 2 N–H and O–H groups in total. The zero-order valence-electron chi connectivity index (χ0n) is 23.9.